The Labute approximate surface area is 128 Å². The molecule has 1 heterocycles. The van der Waals surface area contributed by atoms with Gasteiger partial charge in [-0.2, -0.15) is 0 Å². The second-order valence-electron chi connectivity index (χ2n) is 4.59. The molecule has 0 fully saturated rings. The fourth-order valence-electron chi connectivity index (χ4n) is 1.94. The van der Waals surface area contributed by atoms with Crippen molar-refractivity contribution < 1.29 is 4.74 Å². The van der Waals surface area contributed by atoms with Crippen LogP contribution in [0.15, 0.2) is 66.0 Å². The van der Waals surface area contributed by atoms with Crippen LogP contribution < -0.4 is 15.8 Å². The molecule has 0 saturated heterocycles. The molecule has 0 aliphatic heterocycles. The van der Waals surface area contributed by atoms with Crippen molar-refractivity contribution in [3.63, 3.8) is 0 Å². The number of nitrogens with two attached hydrogens (primary N) is 1. The lowest BCUT2D eigenvalue weighted by Gasteiger charge is -2.08. The van der Waals surface area contributed by atoms with E-state index in [1.165, 1.54) is 0 Å². The van der Waals surface area contributed by atoms with Gasteiger partial charge in [-0.05, 0) is 47.8 Å². The third kappa shape index (κ3) is 3.55. The molecule has 0 saturated carbocycles. The van der Waals surface area contributed by atoms with Crippen LogP contribution in [-0.2, 0) is 6.54 Å². The number of para-hydroxylation sites is 1. The maximum absolute atomic E-state index is 5.87. The molecule has 1 aromatic heterocycles. The Bertz CT molecular complexity index is 692. The number of nitrogen functional groups attached to an aromatic ring is 1. The molecule has 0 aliphatic rings. The fourth-order valence-corrected chi connectivity index (χ4v) is 2.68. The zero-order valence-corrected chi connectivity index (χ0v) is 12.3. The summed E-state index contributed by atoms with van der Waals surface area (Å²) in [5.41, 5.74) is 7.75. The molecule has 0 unspecified atom stereocenters. The van der Waals surface area contributed by atoms with Gasteiger partial charge in [-0.25, -0.2) is 0 Å². The van der Waals surface area contributed by atoms with Gasteiger partial charge in [0.2, 0.25) is 0 Å². The van der Waals surface area contributed by atoms with E-state index in [-0.39, 0.29) is 0 Å². The summed E-state index contributed by atoms with van der Waals surface area (Å²) in [6, 6.07) is 19.6. The summed E-state index contributed by atoms with van der Waals surface area (Å²) >= 11 is 1.66. The minimum Gasteiger partial charge on any atom is -0.457 e. The summed E-state index contributed by atoms with van der Waals surface area (Å²) in [6.45, 7) is 0.738. The Morgan fingerprint density at radius 1 is 0.905 bits per heavy atom. The number of anilines is 2. The van der Waals surface area contributed by atoms with Crippen molar-refractivity contribution in [2.24, 2.45) is 0 Å². The van der Waals surface area contributed by atoms with E-state index in [1.807, 2.05) is 66.0 Å². The second-order valence-corrected chi connectivity index (χ2v) is 5.59. The maximum Gasteiger partial charge on any atom is 0.127 e. The zero-order valence-electron chi connectivity index (χ0n) is 11.5. The first kappa shape index (κ1) is 13.5. The van der Waals surface area contributed by atoms with Crippen molar-refractivity contribution in [2.45, 2.75) is 6.54 Å². The van der Waals surface area contributed by atoms with Gasteiger partial charge in [0.25, 0.3) is 0 Å². The monoisotopic (exact) mass is 296 g/mol. The molecule has 0 bridgehead atoms. The Morgan fingerprint density at radius 2 is 1.62 bits per heavy atom. The molecule has 0 radical (unpaired) electrons. The molecule has 3 rings (SSSR count). The highest BCUT2D eigenvalue weighted by molar-refractivity contribution is 7.10. The van der Waals surface area contributed by atoms with Crippen molar-refractivity contribution in [1.82, 2.24) is 0 Å². The van der Waals surface area contributed by atoms with E-state index in [1.54, 1.807) is 11.3 Å². The molecule has 3 nitrogen and oxygen atoms in total. The van der Waals surface area contributed by atoms with Crippen LogP contribution in [0.3, 0.4) is 0 Å². The van der Waals surface area contributed by atoms with Gasteiger partial charge in [0.15, 0.2) is 0 Å². The highest BCUT2D eigenvalue weighted by Crippen LogP contribution is 2.24. The maximum atomic E-state index is 5.87. The van der Waals surface area contributed by atoms with E-state index in [0.717, 1.165) is 34.3 Å². The van der Waals surface area contributed by atoms with Crippen molar-refractivity contribution in [2.75, 3.05) is 11.1 Å². The first-order chi connectivity index (χ1) is 10.3. The lowest BCUT2D eigenvalue weighted by Crippen LogP contribution is -1.99. The van der Waals surface area contributed by atoms with Gasteiger partial charge in [-0.1, -0.05) is 18.2 Å². The van der Waals surface area contributed by atoms with Crippen LogP contribution in [0.1, 0.15) is 4.88 Å². The minimum absolute atomic E-state index is 0.738. The van der Waals surface area contributed by atoms with Gasteiger partial charge in [0, 0.05) is 16.3 Å². The molecule has 106 valence electrons. The first-order valence-corrected chi connectivity index (χ1v) is 7.58. The highest BCUT2D eigenvalue weighted by atomic mass is 32.1. The summed E-state index contributed by atoms with van der Waals surface area (Å²) in [6.07, 6.45) is 0. The summed E-state index contributed by atoms with van der Waals surface area (Å²) in [5, 5.41) is 5.36. The van der Waals surface area contributed by atoms with Gasteiger partial charge < -0.3 is 15.8 Å². The number of nitrogens with one attached hydrogen (secondary N) is 1. The SMILES string of the molecule is Nc1ccsc1CNc1ccc(Oc2ccccc2)cc1. The quantitative estimate of drug-likeness (QED) is 0.715. The van der Waals surface area contributed by atoms with Crippen molar-refractivity contribution >= 4 is 22.7 Å². The first-order valence-electron chi connectivity index (χ1n) is 6.70. The van der Waals surface area contributed by atoms with Crippen molar-refractivity contribution in [3.05, 3.63) is 70.9 Å². The van der Waals surface area contributed by atoms with E-state index < -0.39 is 0 Å². The molecule has 4 heteroatoms. The summed E-state index contributed by atoms with van der Waals surface area (Å²) in [4.78, 5) is 1.15. The van der Waals surface area contributed by atoms with Gasteiger partial charge in [0.1, 0.15) is 11.5 Å². The lowest BCUT2D eigenvalue weighted by atomic mass is 10.3. The predicted octanol–water partition coefficient (Wildman–Crippen LogP) is 4.73. The van der Waals surface area contributed by atoms with E-state index in [2.05, 4.69) is 5.32 Å². The Balaban J connectivity index is 1.60. The van der Waals surface area contributed by atoms with Gasteiger partial charge in [-0.15, -0.1) is 11.3 Å². The van der Waals surface area contributed by atoms with E-state index >= 15 is 0 Å². The van der Waals surface area contributed by atoms with E-state index in [9.17, 15) is 0 Å². The van der Waals surface area contributed by atoms with E-state index in [0.29, 0.717) is 0 Å². The molecule has 0 atom stereocenters. The van der Waals surface area contributed by atoms with Crippen LogP contribution in [0, 0.1) is 0 Å². The molecule has 3 aromatic rings. The van der Waals surface area contributed by atoms with E-state index in [4.69, 9.17) is 10.5 Å². The van der Waals surface area contributed by atoms with Crippen LogP contribution >= 0.6 is 11.3 Å². The average Bonchev–Trinajstić information content (AvgIpc) is 2.93. The fraction of sp³-hybridized carbons (Fsp3) is 0.0588. The standard InChI is InChI=1S/C17H16N2OS/c18-16-10-11-21-17(16)12-19-13-6-8-15(9-7-13)20-14-4-2-1-3-5-14/h1-11,19H,12,18H2. The van der Waals surface area contributed by atoms with Crippen molar-refractivity contribution in [3.8, 4) is 11.5 Å². The zero-order chi connectivity index (χ0) is 14.5. The molecular weight excluding hydrogens is 280 g/mol. The molecule has 2 aromatic carbocycles. The average molecular weight is 296 g/mol. The number of ether oxygens (including phenoxy) is 1. The predicted molar refractivity (Wildman–Crippen MR) is 89.0 cm³/mol. The number of hydrogen-bond donors (Lipinski definition) is 2. The topological polar surface area (TPSA) is 47.3 Å². The van der Waals surface area contributed by atoms with Gasteiger partial charge >= 0.3 is 0 Å². The summed E-state index contributed by atoms with van der Waals surface area (Å²) < 4.78 is 5.76. The summed E-state index contributed by atoms with van der Waals surface area (Å²) in [7, 11) is 0. The summed E-state index contributed by atoms with van der Waals surface area (Å²) in [5.74, 6) is 1.66. The molecule has 0 spiro atoms. The number of benzene rings is 2. The Morgan fingerprint density at radius 3 is 2.29 bits per heavy atom. The Kier molecular flexibility index (Phi) is 4.07. The highest BCUT2D eigenvalue weighted by Gasteiger charge is 2.01. The molecule has 21 heavy (non-hydrogen) atoms. The number of thiophene rings is 1. The second kappa shape index (κ2) is 6.33. The molecule has 0 amide bonds. The van der Waals surface area contributed by atoms with Gasteiger partial charge in [-0.3, -0.25) is 0 Å². The van der Waals surface area contributed by atoms with Crippen LogP contribution in [0.25, 0.3) is 0 Å². The van der Waals surface area contributed by atoms with Gasteiger partial charge in [0.05, 0.1) is 6.54 Å². The third-order valence-electron chi connectivity index (χ3n) is 3.07. The number of hydrogen-bond acceptors (Lipinski definition) is 4. The molecule has 3 N–H and O–H groups in total. The Hall–Kier alpha value is -2.46. The number of rotatable bonds is 5. The molecule has 0 aliphatic carbocycles. The van der Waals surface area contributed by atoms with Crippen LogP contribution in [-0.4, -0.2) is 0 Å². The molecular formula is C17H16N2OS. The van der Waals surface area contributed by atoms with Crippen LogP contribution in [0.2, 0.25) is 0 Å². The normalized spacial score (nSPS) is 10.3. The minimum atomic E-state index is 0.738. The van der Waals surface area contributed by atoms with Crippen LogP contribution in [0.4, 0.5) is 11.4 Å². The largest absolute Gasteiger partial charge is 0.457 e. The smallest absolute Gasteiger partial charge is 0.127 e. The third-order valence-corrected chi connectivity index (χ3v) is 4.00. The van der Waals surface area contributed by atoms with Crippen molar-refractivity contribution in [1.29, 1.82) is 0 Å². The van der Waals surface area contributed by atoms with Crippen LogP contribution in [0.5, 0.6) is 11.5 Å². The lowest BCUT2D eigenvalue weighted by molar-refractivity contribution is 0.483.